The molecule has 2 bridgehead atoms. The Morgan fingerprint density at radius 1 is 0.931 bits per heavy atom. The smallest absolute Gasteiger partial charge is 0.116 e. The van der Waals surface area contributed by atoms with Crippen molar-refractivity contribution in [2.45, 2.75) is 69.5 Å². The Morgan fingerprint density at radius 2 is 1.62 bits per heavy atom. The molecule has 0 amide bonds. The third kappa shape index (κ3) is 4.33. The number of aliphatic hydroxyl groups is 1. The summed E-state index contributed by atoms with van der Waals surface area (Å²) in [6.07, 6.45) is 12.1. The van der Waals surface area contributed by atoms with E-state index in [4.69, 9.17) is 4.74 Å². The normalized spacial score (nSPS) is 34.4. The van der Waals surface area contributed by atoms with Gasteiger partial charge >= 0.3 is 0 Å². The van der Waals surface area contributed by atoms with Crippen LogP contribution in [0.4, 0.5) is 0 Å². The molecule has 0 unspecified atom stereocenters. The van der Waals surface area contributed by atoms with Crippen LogP contribution < -0.4 is 17.0 Å². The molecule has 2 saturated carbocycles. The Hall–Kier alpha value is -0.420. The molecule has 1 N–H and O–H groups in total. The second-order valence-corrected chi connectivity index (χ2v) is 10.4. The maximum atomic E-state index is 11.8. The lowest BCUT2D eigenvalue weighted by molar-refractivity contribution is -0.950. The fourth-order valence-corrected chi connectivity index (χ4v) is 6.69. The average molecular weight is 464 g/mol. The zero-order valence-electron chi connectivity index (χ0n) is 17.8. The highest BCUT2D eigenvalue weighted by Gasteiger charge is 2.49. The van der Waals surface area contributed by atoms with E-state index in [2.05, 4.69) is 24.3 Å². The van der Waals surface area contributed by atoms with E-state index in [0.717, 1.165) is 24.3 Å². The number of ether oxygens (including phenoxy) is 1. The van der Waals surface area contributed by atoms with Gasteiger partial charge in [0.25, 0.3) is 0 Å². The maximum Gasteiger partial charge on any atom is 0.116 e. The first kappa shape index (κ1) is 21.8. The summed E-state index contributed by atoms with van der Waals surface area (Å²) in [4.78, 5) is 0. The Kier molecular flexibility index (Phi) is 6.75. The highest BCUT2D eigenvalue weighted by Crippen LogP contribution is 2.43. The molecular weight excluding hydrogens is 426 g/mol. The van der Waals surface area contributed by atoms with E-state index in [1.807, 2.05) is 6.07 Å². The Bertz CT molecular complexity index is 650. The average Bonchev–Trinajstić information content (AvgIpc) is 3.26. The lowest BCUT2D eigenvalue weighted by atomic mass is 9.78. The highest BCUT2D eigenvalue weighted by atomic mass is 79.9. The van der Waals surface area contributed by atoms with Gasteiger partial charge in [0, 0.05) is 24.7 Å². The van der Waals surface area contributed by atoms with E-state index < -0.39 is 5.60 Å². The standard InChI is InChI=1S/C25H38NO2.BrH/c27-25(23-11-4-5-12-23,22-9-2-1-3-10-22)19-28-24-18-26(17-20-7-6-8-20)15-13-21(24)14-16-26;/h1-3,9-10,20-21,23-24,27H,4-8,11-19H2;1H/q+1;/p-1/t21?,24-,25-,26?;/m0./s1. The summed E-state index contributed by atoms with van der Waals surface area (Å²) in [6, 6.07) is 10.4. The molecule has 3 saturated heterocycles. The zero-order chi connectivity index (χ0) is 19.0. The first-order chi connectivity index (χ1) is 13.7. The monoisotopic (exact) mass is 463 g/mol. The SMILES string of the molecule is O[C@@](CO[C@H]1C[N+]2(CC3CCC3)CCC1CC2)(c1ccccc1)C1CCCC1.[Br-]. The van der Waals surface area contributed by atoms with E-state index in [1.54, 1.807) is 0 Å². The van der Waals surface area contributed by atoms with E-state index in [-0.39, 0.29) is 17.0 Å². The van der Waals surface area contributed by atoms with Gasteiger partial charge in [-0.05, 0) is 37.2 Å². The lowest BCUT2D eigenvalue weighted by Crippen LogP contribution is -3.00. The first-order valence-corrected chi connectivity index (χ1v) is 11.9. The van der Waals surface area contributed by atoms with Crippen LogP contribution in [0.1, 0.15) is 63.4 Å². The third-order valence-corrected chi connectivity index (χ3v) is 8.73. The van der Waals surface area contributed by atoms with Crippen molar-refractivity contribution in [3.63, 3.8) is 0 Å². The van der Waals surface area contributed by atoms with Crippen LogP contribution in [0, 0.1) is 17.8 Å². The van der Waals surface area contributed by atoms with E-state index in [9.17, 15) is 5.11 Å². The molecule has 1 aromatic carbocycles. The predicted octanol–water partition coefficient (Wildman–Crippen LogP) is 1.49. The fraction of sp³-hybridized carbons (Fsp3) is 0.760. The summed E-state index contributed by atoms with van der Waals surface area (Å²) in [6.45, 7) is 5.79. The molecule has 1 aromatic rings. The van der Waals surface area contributed by atoms with E-state index in [0.29, 0.717) is 24.5 Å². The Labute approximate surface area is 187 Å². The van der Waals surface area contributed by atoms with Gasteiger partial charge in [0.1, 0.15) is 18.2 Å². The number of hydrogen-bond acceptors (Lipinski definition) is 2. The van der Waals surface area contributed by atoms with Crippen molar-refractivity contribution >= 4 is 0 Å². The summed E-state index contributed by atoms with van der Waals surface area (Å²) >= 11 is 0. The summed E-state index contributed by atoms with van der Waals surface area (Å²) in [7, 11) is 0. The van der Waals surface area contributed by atoms with E-state index in [1.165, 1.54) is 75.6 Å². The second-order valence-electron chi connectivity index (χ2n) is 10.4. The van der Waals surface area contributed by atoms with Crippen molar-refractivity contribution in [1.29, 1.82) is 0 Å². The van der Waals surface area contributed by atoms with Crippen molar-refractivity contribution < 1.29 is 31.3 Å². The quantitative estimate of drug-likeness (QED) is 0.620. The first-order valence-electron chi connectivity index (χ1n) is 11.9. The van der Waals surface area contributed by atoms with Gasteiger partial charge in [-0.25, -0.2) is 0 Å². The molecule has 5 fully saturated rings. The van der Waals surface area contributed by atoms with Gasteiger partial charge in [-0.3, -0.25) is 0 Å². The minimum absolute atomic E-state index is 0. The van der Waals surface area contributed by atoms with Crippen molar-refractivity contribution in [3.05, 3.63) is 35.9 Å². The predicted molar refractivity (Wildman–Crippen MR) is 112 cm³/mol. The molecule has 0 aromatic heterocycles. The summed E-state index contributed by atoms with van der Waals surface area (Å²) in [5, 5.41) is 11.8. The molecule has 3 aliphatic heterocycles. The molecule has 6 rings (SSSR count). The molecule has 5 aliphatic rings. The topological polar surface area (TPSA) is 29.5 Å². The van der Waals surface area contributed by atoms with Crippen molar-refractivity contribution in [2.75, 3.05) is 32.8 Å². The molecule has 3 nitrogen and oxygen atoms in total. The molecule has 3 heterocycles. The van der Waals surface area contributed by atoms with Crippen LogP contribution in [0.3, 0.4) is 0 Å². The second kappa shape index (κ2) is 8.98. The van der Waals surface area contributed by atoms with Crippen molar-refractivity contribution in [2.24, 2.45) is 17.8 Å². The van der Waals surface area contributed by atoms with Crippen LogP contribution in [-0.4, -0.2) is 48.5 Å². The van der Waals surface area contributed by atoms with Crippen LogP contribution in [-0.2, 0) is 10.3 Å². The number of nitrogens with zero attached hydrogens (tertiary/aromatic N) is 1. The van der Waals surface area contributed by atoms with E-state index >= 15 is 0 Å². The van der Waals surface area contributed by atoms with Gasteiger partial charge in [0.2, 0.25) is 0 Å². The molecule has 2 atom stereocenters. The third-order valence-electron chi connectivity index (χ3n) is 8.73. The number of fused-ring (bicyclic) bond motifs is 3. The van der Waals surface area contributed by atoms with Gasteiger partial charge < -0.3 is 31.3 Å². The van der Waals surface area contributed by atoms with Gasteiger partial charge in [-0.15, -0.1) is 0 Å². The number of rotatable bonds is 7. The van der Waals surface area contributed by atoms with Gasteiger partial charge in [0.05, 0.1) is 26.2 Å². The van der Waals surface area contributed by atoms with Crippen LogP contribution in [0.25, 0.3) is 0 Å². The Morgan fingerprint density at radius 3 is 2.24 bits per heavy atom. The minimum Gasteiger partial charge on any atom is -1.00 e. The maximum absolute atomic E-state index is 11.8. The van der Waals surface area contributed by atoms with Gasteiger partial charge in [0.15, 0.2) is 0 Å². The van der Waals surface area contributed by atoms with Crippen molar-refractivity contribution in [3.8, 4) is 0 Å². The summed E-state index contributed by atoms with van der Waals surface area (Å²) in [5.74, 6) is 2.02. The van der Waals surface area contributed by atoms with Crippen LogP contribution in [0.2, 0.25) is 0 Å². The molecule has 2 aliphatic carbocycles. The number of quaternary nitrogens is 1. The molecule has 162 valence electrons. The largest absolute Gasteiger partial charge is 1.00 e. The number of halogens is 1. The highest BCUT2D eigenvalue weighted by molar-refractivity contribution is 5.24. The fourth-order valence-electron chi connectivity index (χ4n) is 6.69. The molecule has 29 heavy (non-hydrogen) atoms. The van der Waals surface area contributed by atoms with Crippen LogP contribution >= 0.6 is 0 Å². The number of hydrogen-bond donors (Lipinski definition) is 1. The summed E-state index contributed by atoms with van der Waals surface area (Å²) in [5.41, 5.74) is 0.240. The number of piperidine rings is 3. The zero-order valence-corrected chi connectivity index (χ0v) is 19.4. The van der Waals surface area contributed by atoms with Gasteiger partial charge in [-0.1, -0.05) is 49.6 Å². The number of benzene rings is 1. The molecule has 4 heteroatoms. The molecule has 0 spiro atoms. The minimum atomic E-state index is -0.817. The molecular formula is C25H38BrNO2. The van der Waals surface area contributed by atoms with Gasteiger partial charge in [-0.2, -0.15) is 0 Å². The van der Waals surface area contributed by atoms with Crippen LogP contribution in [0.15, 0.2) is 30.3 Å². The molecule has 0 radical (unpaired) electrons. The van der Waals surface area contributed by atoms with Crippen LogP contribution in [0.5, 0.6) is 0 Å². The lowest BCUT2D eigenvalue weighted by Gasteiger charge is -2.54. The Balaban J connectivity index is 0.00000205. The van der Waals surface area contributed by atoms with Crippen molar-refractivity contribution in [1.82, 2.24) is 0 Å². The summed E-state index contributed by atoms with van der Waals surface area (Å²) < 4.78 is 7.95.